The first-order valence-electron chi connectivity index (χ1n) is 5.92. The molecule has 1 saturated heterocycles. The van der Waals surface area contributed by atoms with Crippen LogP contribution >= 0.6 is 11.6 Å². The van der Waals surface area contributed by atoms with E-state index in [1.165, 1.54) is 12.1 Å². The molecule has 18 heavy (non-hydrogen) atoms. The number of rotatable bonds is 2. The molecule has 2 rings (SSSR count). The van der Waals surface area contributed by atoms with Crippen LogP contribution in [0.5, 0.6) is 0 Å². The van der Waals surface area contributed by atoms with E-state index in [0.29, 0.717) is 17.1 Å². The van der Waals surface area contributed by atoms with Gasteiger partial charge in [0, 0.05) is 37.3 Å². The summed E-state index contributed by atoms with van der Waals surface area (Å²) in [4.78, 5) is 12.4. The van der Waals surface area contributed by atoms with E-state index in [9.17, 15) is 10.1 Å². The number of nitro groups is 1. The van der Waals surface area contributed by atoms with Gasteiger partial charge in [-0.05, 0) is 19.9 Å². The van der Waals surface area contributed by atoms with Crippen LogP contribution in [0.4, 0.5) is 11.4 Å². The van der Waals surface area contributed by atoms with Gasteiger partial charge in [0.15, 0.2) is 0 Å². The lowest BCUT2D eigenvalue weighted by atomic mass is 10.1. The molecule has 98 valence electrons. The van der Waals surface area contributed by atoms with Gasteiger partial charge in [-0.25, -0.2) is 0 Å². The van der Waals surface area contributed by atoms with E-state index < -0.39 is 4.92 Å². The highest BCUT2D eigenvalue weighted by Gasteiger charge is 2.23. The minimum Gasteiger partial charge on any atom is -0.367 e. The maximum absolute atomic E-state index is 10.7. The molecule has 1 fully saturated rings. The van der Waals surface area contributed by atoms with Crippen molar-refractivity contribution in [3.63, 3.8) is 0 Å². The van der Waals surface area contributed by atoms with Crippen LogP contribution in [0.3, 0.4) is 0 Å². The minimum atomic E-state index is -0.432. The van der Waals surface area contributed by atoms with Gasteiger partial charge in [0.1, 0.15) is 0 Å². The third kappa shape index (κ3) is 2.73. The number of nitro benzene ring substituents is 1. The van der Waals surface area contributed by atoms with Crippen LogP contribution < -0.4 is 10.2 Å². The van der Waals surface area contributed by atoms with E-state index in [4.69, 9.17) is 11.6 Å². The van der Waals surface area contributed by atoms with Crippen molar-refractivity contribution in [2.24, 2.45) is 0 Å². The second-order valence-corrected chi connectivity index (χ2v) is 5.17. The number of hydrogen-bond acceptors (Lipinski definition) is 4. The Morgan fingerprint density at radius 3 is 2.50 bits per heavy atom. The first kappa shape index (κ1) is 13.1. The quantitative estimate of drug-likeness (QED) is 0.662. The Morgan fingerprint density at radius 2 is 2.00 bits per heavy atom. The van der Waals surface area contributed by atoms with Gasteiger partial charge in [-0.1, -0.05) is 11.6 Å². The van der Waals surface area contributed by atoms with Crippen molar-refractivity contribution in [2.45, 2.75) is 25.9 Å². The normalized spacial score (nSPS) is 24.1. The summed E-state index contributed by atoms with van der Waals surface area (Å²) in [7, 11) is 0. The molecule has 0 amide bonds. The number of anilines is 1. The number of nitrogens with one attached hydrogen (secondary N) is 1. The topological polar surface area (TPSA) is 58.4 Å². The maximum atomic E-state index is 10.7. The monoisotopic (exact) mass is 269 g/mol. The second kappa shape index (κ2) is 5.12. The molecule has 0 unspecified atom stereocenters. The van der Waals surface area contributed by atoms with E-state index in [1.807, 2.05) is 0 Å². The number of benzene rings is 1. The number of halogens is 1. The number of non-ortho nitro benzene ring substituents is 1. The third-order valence-corrected chi connectivity index (χ3v) is 3.34. The van der Waals surface area contributed by atoms with Gasteiger partial charge in [0.05, 0.1) is 15.6 Å². The SMILES string of the molecule is C[C@H]1CN(c2ccc([N+](=O)[O-])cc2Cl)C[C@H](C)N1. The van der Waals surface area contributed by atoms with Crippen LogP contribution in [-0.2, 0) is 0 Å². The van der Waals surface area contributed by atoms with E-state index in [1.54, 1.807) is 6.07 Å². The van der Waals surface area contributed by atoms with Gasteiger partial charge in [-0.2, -0.15) is 0 Å². The van der Waals surface area contributed by atoms with E-state index in [0.717, 1.165) is 18.8 Å². The first-order valence-corrected chi connectivity index (χ1v) is 6.30. The van der Waals surface area contributed by atoms with Gasteiger partial charge < -0.3 is 10.2 Å². The van der Waals surface area contributed by atoms with Crippen LogP contribution in [0.2, 0.25) is 5.02 Å². The number of nitrogens with zero attached hydrogens (tertiary/aromatic N) is 2. The van der Waals surface area contributed by atoms with Crippen LogP contribution in [0.1, 0.15) is 13.8 Å². The van der Waals surface area contributed by atoms with Crippen LogP contribution in [0.15, 0.2) is 18.2 Å². The summed E-state index contributed by atoms with van der Waals surface area (Å²) >= 11 is 6.14. The smallest absolute Gasteiger partial charge is 0.271 e. The van der Waals surface area contributed by atoms with Crippen LogP contribution in [-0.4, -0.2) is 30.1 Å². The molecular formula is C12H16ClN3O2. The van der Waals surface area contributed by atoms with Gasteiger partial charge in [0.2, 0.25) is 0 Å². The summed E-state index contributed by atoms with van der Waals surface area (Å²) in [5.41, 5.74) is 0.891. The summed E-state index contributed by atoms with van der Waals surface area (Å²) < 4.78 is 0. The van der Waals surface area contributed by atoms with E-state index in [-0.39, 0.29) is 5.69 Å². The Kier molecular flexibility index (Phi) is 3.73. The second-order valence-electron chi connectivity index (χ2n) is 4.77. The third-order valence-electron chi connectivity index (χ3n) is 3.04. The Labute approximate surface area is 111 Å². The van der Waals surface area contributed by atoms with Crippen molar-refractivity contribution in [1.29, 1.82) is 0 Å². The van der Waals surface area contributed by atoms with Crippen molar-refractivity contribution in [2.75, 3.05) is 18.0 Å². The number of hydrogen-bond donors (Lipinski definition) is 1. The predicted molar refractivity (Wildman–Crippen MR) is 72.4 cm³/mol. The molecule has 1 aliphatic rings. The molecule has 2 atom stereocenters. The Hall–Kier alpha value is -1.33. The van der Waals surface area contributed by atoms with Crippen molar-refractivity contribution >= 4 is 23.0 Å². The molecule has 1 heterocycles. The lowest BCUT2D eigenvalue weighted by Gasteiger charge is -2.38. The highest BCUT2D eigenvalue weighted by molar-refractivity contribution is 6.33. The van der Waals surface area contributed by atoms with E-state index in [2.05, 4.69) is 24.1 Å². The van der Waals surface area contributed by atoms with Crippen LogP contribution in [0.25, 0.3) is 0 Å². The summed E-state index contributed by atoms with van der Waals surface area (Å²) in [6.45, 7) is 5.92. The lowest BCUT2D eigenvalue weighted by molar-refractivity contribution is -0.384. The summed E-state index contributed by atoms with van der Waals surface area (Å²) in [5.74, 6) is 0. The minimum absolute atomic E-state index is 0.0278. The Morgan fingerprint density at radius 1 is 1.39 bits per heavy atom. The fourth-order valence-corrected chi connectivity index (χ4v) is 2.68. The molecule has 0 spiro atoms. The molecule has 5 nitrogen and oxygen atoms in total. The standard InChI is InChI=1S/C12H16ClN3O2/c1-8-6-15(7-9(2)14-8)12-4-3-10(16(17)18)5-11(12)13/h3-5,8-9,14H,6-7H2,1-2H3/t8-,9-/m0/s1. The highest BCUT2D eigenvalue weighted by Crippen LogP contribution is 2.30. The maximum Gasteiger partial charge on any atom is 0.271 e. The molecular weight excluding hydrogens is 254 g/mol. The summed E-state index contributed by atoms with van der Waals surface area (Å²) in [6, 6.07) is 5.39. The molecule has 6 heteroatoms. The van der Waals surface area contributed by atoms with Crippen molar-refractivity contribution in [1.82, 2.24) is 5.32 Å². The lowest BCUT2D eigenvalue weighted by Crippen LogP contribution is -2.54. The molecule has 1 N–H and O–H groups in total. The number of piperazine rings is 1. The van der Waals surface area contributed by atoms with E-state index >= 15 is 0 Å². The fraction of sp³-hybridized carbons (Fsp3) is 0.500. The molecule has 0 aromatic heterocycles. The Bertz CT molecular complexity index is 457. The average molecular weight is 270 g/mol. The van der Waals surface area contributed by atoms with Crippen LogP contribution in [0, 0.1) is 10.1 Å². The molecule has 1 aliphatic heterocycles. The van der Waals surface area contributed by atoms with Crippen molar-refractivity contribution in [3.05, 3.63) is 33.3 Å². The molecule has 0 saturated carbocycles. The molecule has 0 aliphatic carbocycles. The zero-order chi connectivity index (χ0) is 13.3. The van der Waals surface area contributed by atoms with Gasteiger partial charge in [0.25, 0.3) is 5.69 Å². The molecule has 0 radical (unpaired) electrons. The van der Waals surface area contributed by atoms with Gasteiger partial charge in [-0.3, -0.25) is 10.1 Å². The molecule has 1 aromatic rings. The summed E-state index contributed by atoms with van der Waals surface area (Å²) in [5, 5.41) is 14.5. The first-order chi connectivity index (χ1) is 8.47. The average Bonchev–Trinajstić information content (AvgIpc) is 2.27. The molecule has 0 bridgehead atoms. The predicted octanol–water partition coefficient (Wildman–Crippen LogP) is 2.43. The largest absolute Gasteiger partial charge is 0.367 e. The van der Waals surface area contributed by atoms with Gasteiger partial charge >= 0.3 is 0 Å². The fourth-order valence-electron chi connectivity index (χ4n) is 2.39. The zero-order valence-electron chi connectivity index (χ0n) is 10.4. The Balaban J connectivity index is 2.25. The van der Waals surface area contributed by atoms with Gasteiger partial charge in [-0.15, -0.1) is 0 Å². The van der Waals surface area contributed by atoms with Crippen molar-refractivity contribution in [3.8, 4) is 0 Å². The zero-order valence-corrected chi connectivity index (χ0v) is 11.1. The highest BCUT2D eigenvalue weighted by atomic mass is 35.5. The molecule has 1 aromatic carbocycles. The summed E-state index contributed by atoms with van der Waals surface area (Å²) in [6.07, 6.45) is 0. The van der Waals surface area contributed by atoms with Crippen molar-refractivity contribution < 1.29 is 4.92 Å².